The number of allylic oxidation sites excluding steroid dienone is 2. The molecule has 0 amide bonds. The van der Waals surface area contributed by atoms with Crippen LogP contribution in [0.15, 0.2) is 102 Å². The standard InChI is InChI=1S/C24H21NO/c26-25-21-16-22(18-10-4-1-5-11-18)24(20-14-8-3-9-15-20)23(17-21)19-12-6-2-7-13-19/h1-16,23-24,26H,17H2. The minimum atomic E-state index is 0.214. The average Bonchev–Trinajstić information content (AvgIpc) is 2.74. The van der Waals surface area contributed by atoms with Crippen LogP contribution in [0, 0.1) is 0 Å². The third-order valence-electron chi connectivity index (χ3n) is 5.11. The maximum Gasteiger partial charge on any atom is 0.0805 e. The SMILES string of the molecule is ON=C1C=C(c2ccccc2)C(c2ccccc2)C(c2ccccc2)C1. The van der Waals surface area contributed by atoms with E-state index < -0.39 is 0 Å². The van der Waals surface area contributed by atoms with Crippen LogP contribution in [-0.4, -0.2) is 10.9 Å². The van der Waals surface area contributed by atoms with Crippen molar-refractivity contribution >= 4 is 11.3 Å². The first-order chi connectivity index (χ1) is 12.9. The fourth-order valence-corrected chi connectivity index (χ4v) is 3.93. The molecule has 0 radical (unpaired) electrons. The van der Waals surface area contributed by atoms with Crippen LogP contribution in [0.5, 0.6) is 0 Å². The number of hydrogen-bond acceptors (Lipinski definition) is 2. The van der Waals surface area contributed by atoms with Crippen LogP contribution in [0.4, 0.5) is 0 Å². The van der Waals surface area contributed by atoms with E-state index in [1.54, 1.807) is 0 Å². The third kappa shape index (κ3) is 3.18. The summed E-state index contributed by atoms with van der Waals surface area (Å²) in [5.74, 6) is 0.441. The Morgan fingerprint density at radius 2 is 1.23 bits per heavy atom. The minimum Gasteiger partial charge on any atom is -0.411 e. The quantitative estimate of drug-likeness (QED) is 0.469. The molecule has 2 unspecified atom stereocenters. The van der Waals surface area contributed by atoms with Gasteiger partial charge in [-0.1, -0.05) is 96.2 Å². The van der Waals surface area contributed by atoms with Gasteiger partial charge in [0.1, 0.15) is 0 Å². The first kappa shape index (κ1) is 16.3. The molecule has 1 aliphatic rings. The molecule has 3 aromatic rings. The van der Waals surface area contributed by atoms with Gasteiger partial charge >= 0.3 is 0 Å². The van der Waals surface area contributed by atoms with Crippen molar-refractivity contribution in [3.05, 3.63) is 114 Å². The number of nitrogens with zero attached hydrogens (tertiary/aromatic N) is 1. The molecule has 1 N–H and O–H groups in total. The molecule has 2 heteroatoms. The molecule has 0 aromatic heterocycles. The summed E-state index contributed by atoms with van der Waals surface area (Å²) >= 11 is 0. The molecule has 0 fully saturated rings. The van der Waals surface area contributed by atoms with Crippen LogP contribution in [0.25, 0.3) is 5.57 Å². The highest BCUT2D eigenvalue weighted by molar-refractivity contribution is 6.04. The zero-order valence-electron chi connectivity index (χ0n) is 14.5. The summed E-state index contributed by atoms with van der Waals surface area (Å²) < 4.78 is 0. The zero-order valence-corrected chi connectivity index (χ0v) is 14.5. The van der Waals surface area contributed by atoms with E-state index in [0.717, 1.165) is 12.1 Å². The number of hydrogen-bond donors (Lipinski definition) is 1. The monoisotopic (exact) mass is 339 g/mol. The summed E-state index contributed by atoms with van der Waals surface area (Å²) in [7, 11) is 0. The van der Waals surface area contributed by atoms with Gasteiger partial charge in [0.05, 0.1) is 5.71 Å². The van der Waals surface area contributed by atoms with E-state index in [-0.39, 0.29) is 11.8 Å². The zero-order chi connectivity index (χ0) is 17.8. The third-order valence-corrected chi connectivity index (χ3v) is 5.11. The van der Waals surface area contributed by atoms with Gasteiger partial charge in [0.2, 0.25) is 0 Å². The van der Waals surface area contributed by atoms with Gasteiger partial charge in [-0.3, -0.25) is 0 Å². The number of rotatable bonds is 3. The van der Waals surface area contributed by atoms with E-state index in [0.29, 0.717) is 0 Å². The lowest BCUT2D eigenvalue weighted by molar-refractivity contribution is 0.317. The molecule has 26 heavy (non-hydrogen) atoms. The van der Waals surface area contributed by atoms with E-state index in [1.807, 2.05) is 18.2 Å². The molecule has 2 nitrogen and oxygen atoms in total. The van der Waals surface area contributed by atoms with Crippen LogP contribution in [0.2, 0.25) is 0 Å². The van der Waals surface area contributed by atoms with Crippen LogP contribution >= 0.6 is 0 Å². The van der Waals surface area contributed by atoms with Gasteiger partial charge < -0.3 is 5.21 Å². The lowest BCUT2D eigenvalue weighted by atomic mass is 9.69. The van der Waals surface area contributed by atoms with Crippen LogP contribution in [0.1, 0.15) is 34.9 Å². The Bertz CT molecular complexity index is 914. The summed E-state index contributed by atoms with van der Waals surface area (Å²) in [5, 5.41) is 13.1. The molecule has 2 atom stereocenters. The molecule has 0 heterocycles. The molecule has 4 rings (SSSR count). The predicted molar refractivity (Wildman–Crippen MR) is 107 cm³/mol. The normalized spacial score (nSPS) is 21.4. The maximum atomic E-state index is 9.52. The smallest absolute Gasteiger partial charge is 0.0805 e. The van der Waals surface area contributed by atoms with Gasteiger partial charge in [0.15, 0.2) is 0 Å². The van der Waals surface area contributed by atoms with Crippen molar-refractivity contribution in [2.24, 2.45) is 5.16 Å². The largest absolute Gasteiger partial charge is 0.411 e. The summed E-state index contributed by atoms with van der Waals surface area (Å²) in [6.07, 6.45) is 2.77. The van der Waals surface area contributed by atoms with Crippen molar-refractivity contribution in [1.29, 1.82) is 0 Å². The Labute approximate surface area is 154 Å². The predicted octanol–water partition coefficient (Wildman–Crippen LogP) is 5.87. The van der Waals surface area contributed by atoms with Crippen molar-refractivity contribution in [2.45, 2.75) is 18.3 Å². The molecular weight excluding hydrogens is 318 g/mol. The van der Waals surface area contributed by atoms with Gasteiger partial charge in [-0.05, 0) is 28.3 Å². The molecule has 0 saturated carbocycles. The summed E-state index contributed by atoms with van der Waals surface area (Å²) in [5.41, 5.74) is 5.65. The minimum absolute atomic E-state index is 0.214. The molecule has 128 valence electrons. The fraction of sp³-hybridized carbons (Fsp3) is 0.125. The first-order valence-corrected chi connectivity index (χ1v) is 8.94. The fourth-order valence-electron chi connectivity index (χ4n) is 3.93. The van der Waals surface area contributed by atoms with E-state index in [1.165, 1.54) is 22.3 Å². The van der Waals surface area contributed by atoms with Crippen molar-refractivity contribution in [3.63, 3.8) is 0 Å². The lowest BCUT2D eigenvalue weighted by Crippen LogP contribution is -2.22. The second-order valence-electron chi connectivity index (χ2n) is 6.67. The Balaban J connectivity index is 1.90. The van der Waals surface area contributed by atoms with Crippen molar-refractivity contribution in [2.75, 3.05) is 0 Å². The topological polar surface area (TPSA) is 32.6 Å². The summed E-state index contributed by atoms with van der Waals surface area (Å²) in [6.45, 7) is 0. The second kappa shape index (κ2) is 7.40. The first-order valence-electron chi connectivity index (χ1n) is 8.94. The Morgan fingerprint density at radius 3 is 1.81 bits per heavy atom. The highest BCUT2D eigenvalue weighted by Crippen LogP contribution is 2.47. The molecule has 1 aliphatic carbocycles. The Hall–Kier alpha value is -3.13. The lowest BCUT2D eigenvalue weighted by Gasteiger charge is -2.34. The maximum absolute atomic E-state index is 9.52. The van der Waals surface area contributed by atoms with Crippen molar-refractivity contribution < 1.29 is 5.21 Å². The number of oxime groups is 1. The van der Waals surface area contributed by atoms with Gasteiger partial charge in [-0.25, -0.2) is 0 Å². The molecule has 0 aliphatic heterocycles. The van der Waals surface area contributed by atoms with Crippen LogP contribution in [-0.2, 0) is 0 Å². The highest BCUT2D eigenvalue weighted by Gasteiger charge is 2.33. The number of benzene rings is 3. The molecule has 3 aromatic carbocycles. The molecular formula is C24H21NO. The van der Waals surface area contributed by atoms with Gasteiger partial charge in [0.25, 0.3) is 0 Å². The average molecular weight is 339 g/mol. The van der Waals surface area contributed by atoms with E-state index in [4.69, 9.17) is 0 Å². The highest BCUT2D eigenvalue weighted by atomic mass is 16.4. The Morgan fingerprint density at radius 1 is 0.692 bits per heavy atom. The van der Waals surface area contributed by atoms with Gasteiger partial charge in [0, 0.05) is 18.3 Å². The van der Waals surface area contributed by atoms with Gasteiger partial charge in [-0.15, -0.1) is 0 Å². The van der Waals surface area contributed by atoms with Crippen LogP contribution < -0.4 is 0 Å². The molecule has 0 saturated heterocycles. The Kier molecular flexibility index (Phi) is 4.65. The van der Waals surface area contributed by atoms with Gasteiger partial charge in [-0.2, -0.15) is 0 Å². The second-order valence-corrected chi connectivity index (χ2v) is 6.67. The van der Waals surface area contributed by atoms with Crippen molar-refractivity contribution in [3.8, 4) is 0 Å². The van der Waals surface area contributed by atoms with E-state index in [2.05, 4.69) is 84.0 Å². The summed E-state index contributed by atoms with van der Waals surface area (Å²) in [6, 6.07) is 31.6. The van der Waals surface area contributed by atoms with E-state index >= 15 is 0 Å². The van der Waals surface area contributed by atoms with Crippen LogP contribution in [0.3, 0.4) is 0 Å². The molecule has 0 bridgehead atoms. The van der Waals surface area contributed by atoms with Crippen molar-refractivity contribution in [1.82, 2.24) is 0 Å². The summed E-state index contributed by atoms with van der Waals surface area (Å²) in [4.78, 5) is 0. The molecule has 0 spiro atoms. The van der Waals surface area contributed by atoms with E-state index in [9.17, 15) is 5.21 Å².